The van der Waals surface area contributed by atoms with Crippen molar-refractivity contribution in [2.45, 2.75) is 24.0 Å². The molecule has 2 unspecified atom stereocenters. The highest BCUT2D eigenvalue weighted by Gasteiger charge is 2.42. The van der Waals surface area contributed by atoms with E-state index in [-0.39, 0.29) is 17.6 Å². The van der Waals surface area contributed by atoms with Crippen LogP contribution < -0.4 is 9.47 Å². The van der Waals surface area contributed by atoms with Gasteiger partial charge >= 0.3 is 0 Å². The first-order valence-corrected chi connectivity index (χ1v) is 12.7. The molecule has 3 aliphatic rings. The maximum Gasteiger partial charge on any atom is 0.119 e. The SMILES string of the molecule is c1ccc2c(c1)CC(c1ccc(OCC3CO3)cc1)(c1ccc(OCC3CO3)cc1)c1ccccc1-2. The molecule has 4 aromatic carbocycles. The molecular formula is C32H28O4. The van der Waals surface area contributed by atoms with Crippen LogP contribution in [-0.4, -0.2) is 38.6 Å². The molecule has 2 aliphatic heterocycles. The van der Waals surface area contributed by atoms with Crippen LogP contribution in [0.5, 0.6) is 11.5 Å². The van der Waals surface area contributed by atoms with Crippen LogP contribution in [-0.2, 0) is 21.3 Å². The van der Waals surface area contributed by atoms with E-state index in [1.807, 2.05) is 0 Å². The number of epoxide rings is 2. The average molecular weight is 477 g/mol. The lowest BCUT2D eigenvalue weighted by atomic mass is 9.61. The largest absolute Gasteiger partial charge is 0.491 e. The van der Waals surface area contributed by atoms with Crippen LogP contribution >= 0.6 is 0 Å². The molecule has 4 aromatic rings. The smallest absolute Gasteiger partial charge is 0.119 e. The molecule has 0 spiro atoms. The third-order valence-electron chi connectivity index (χ3n) is 7.52. The molecule has 4 nitrogen and oxygen atoms in total. The van der Waals surface area contributed by atoms with Crippen LogP contribution in [0.15, 0.2) is 97.1 Å². The second-order valence-corrected chi connectivity index (χ2v) is 9.87. The van der Waals surface area contributed by atoms with Crippen LogP contribution in [0, 0.1) is 0 Å². The molecule has 2 heterocycles. The molecule has 0 amide bonds. The van der Waals surface area contributed by atoms with Gasteiger partial charge in [-0.1, -0.05) is 72.8 Å². The Hall–Kier alpha value is -3.60. The normalized spacial score (nSPS) is 23.3. The summed E-state index contributed by atoms with van der Waals surface area (Å²) in [6.07, 6.45) is 1.36. The zero-order valence-electron chi connectivity index (χ0n) is 20.1. The van der Waals surface area contributed by atoms with Crippen molar-refractivity contribution in [3.8, 4) is 22.6 Å². The van der Waals surface area contributed by atoms with Gasteiger partial charge in [0.25, 0.3) is 0 Å². The standard InChI is InChI=1S/C32H28O4/c1-2-6-29-22(5-1)17-32(31-8-4-3-7-30(29)31,23-9-13-25(14-10-23)33-18-27-20-35-27)24-11-15-26(16-12-24)34-19-28-21-36-28/h1-16,27-28H,17-21H2. The van der Waals surface area contributed by atoms with Crippen molar-refractivity contribution >= 4 is 0 Å². The van der Waals surface area contributed by atoms with Gasteiger partial charge in [-0.25, -0.2) is 0 Å². The summed E-state index contributed by atoms with van der Waals surface area (Å²) in [5.74, 6) is 1.75. The summed E-state index contributed by atoms with van der Waals surface area (Å²) in [6, 6.07) is 34.9. The molecule has 0 saturated carbocycles. The highest BCUT2D eigenvalue weighted by molar-refractivity contribution is 5.78. The van der Waals surface area contributed by atoms with Crippen LogP contribution in [0.25, 0.3) is 11.1 Å². The van der Waals surface area contributed by atoms with Gasteiger partial charge in [-0.05, 0) is 64.1 Å². The highest BCUT2D eigenvalue weighted by atomic mass is 16.6. The highest BCUT2D eigenvalue weighted by Crippen LogP contribution is 2.51. The molecule has 180 valence electrons. The van der Waals surface area contributed by atoms with Crippen molar-refractivity contribution in [2.24, 2.45) is 0 Å². The first-order chi connectivity index (χ1) is 17.8. The lowest BCUT2D eigenvalue weighted by Crippen LogP contribution is -2.35. The van der Waals surface area contributed by atoms with Crippen LogP contribution in [0.3, 0.4) is 0 Å². The molecule has 2 fully saturated rings. The van der Waals surface area contributed by atoms with E-state index in [0.29, 0.717) is 13.2 Å². The van der Waals surface area contributed by atoms with Crippen molar-refractivity contribution in [1.29, 1.82) is 0 Å². The summed E-state index contributed by atoms with van der Waals surface area (Å²) >= 11 is 0. The van der Waals surface area contributed by atoms with Gasteiger partial charge in [-0.3, -0.25) is 0 Å². The summed E-state index contributed by atoms with van der Waals surface area (Å²) < 4.78 is 22.5. The Labute approximate surface area is 211 Å². The molecule has 7 rings (SSSR count). The van der Waals surface area contributed by atoms with Gasteiger partial charge in [0, 0.05) is 5.41 Å². The number of hydrogen-bond donors (Lipinski definition) is 0. The molecular weight excluding hydrogens is 448 g/mol. The first-order valence-electron chi connectivity index (χ1n) is 12.7. The summed E-state index contributed by atoms with van der Waals surface area (Å²) in [5, 5.41) is 0. The predicted molar refractivity (Wildman–Crippen MR) is 139 cm³/mol. The van der Waals surface area contributed by atoms with E-state index < -0.39 is 0 Å². The maximum absolute atomic E-state index is 5.95. The minimum Gasteiger partial charge on any atom is -0.491 e. The zero-order chi connectivity index (χ0) is 24.0. The van der Waals surface area contributed by atoms with Gasteiger partial charge < -0.3 is 18.9 Å². The summed E-state index contributed by atoms with van der Waals surface area (Å²) in [5.41, 5.74) is 7.45. The average Bonchev–Trinajstić information content (AvgIpc) is 3.87. The van der Waals surface area contributed by atoms with Gasteiger partial charge in [-0.2, -0.15) is 0 Å². The Kier molecular flexibility index (Phi) is 5.30. The van der Waals surface area contributed by atoms with Crippen LogP contribution in [0.4, 0.5) is 0 Å². The van der Waals surface area contributed by atoms with Gasteiger partial charge in [0.05, 0.1) is 13.2 Å². The van der Waals surface area contributed by atoms with E-state index in [4.69, 9.17) is 18.9 Å². The van der Waals surface area contributed by atoms with E-state index in [1.165, 1.54) is 33.4 Å². The van der Waals surface area contributed by atoms with Gasteiger partial charge in [-0.15, -0.1) is 0 Å². The van der Waals surface area contributed by atoms with Gasteiger partial charge in [0.1, 0.15) is 36.9 Å². The van der Waals surface area contributed by atoms with Crippen LogP contribution in [0.1, 0.15) is 22.3 Å². The fourth-order valence-corrected chi connectivity index (χ4v) is 5.47. The predicted octanol–water partition coefficient (Wildman–Crippen LogP) is 5.80. The molecule has 36 heavy (non-hydrogen) atoms. The van der Waals surface area contributed by atoms with E-state index in [2.05, 4.69) is 97.1 Å². The number of rotatable bonds is 8. The van der Waals surface area contributed by atoms with E-state index >= 15 is 0 Å². The van der Waals surface area contributed by atoms with Gasteiger partial charge in [0.15, 0.2) is 0 Å². The van der Waals surface area contributed by atoms with Crippen molar-refractivity contribution in [2.75, 3.05) is 26.4 Å². The minimum atomic E-state index is -0.332. The Morgan fingerprint density at radius 2 is 1.11 bits per heavy atom. The fourth-order valence-electron chi connectivity index (χ4n) is 5.47. The van der Waals surface area contributed by atoms with Crippen LogP contribution in [0.2, 0.25) is 0 Å². The number of ether oxygens (including phenoxy) is 4. The third-order valence-corrected chi connectivity index (χ3v) is 7.52. The fraction of sp³-hybridized carbons (Fsp3) is 0.250. The van der Waals surface area contributed by atoms with E-state index in [9.17, 15) is 0 Å². The lowest BCUT2D eigenvalue weighted by molar-refractivity contribution is 0.263. The number of fused-ring (bicyclic) bond motifs is 3. The Morgan fingerprint density at radius 3 is 1.67 bits per heavy atom. The monoisotopic (exact) mass is 476 g/mol. The molecule has 2 saturated heterocycles. The Bertz CT molecular complexity index is 1310. The van der Waals surface area contributed by atoms with E-state index in [1.54, 1.807) is 0 Å². The summed E-state index contributed by atoms with van der Waals surface area (Å²) in [4.78, 5) is 0. The molecule has 0 radical (unpaired) electrons. The first kappa shape index (κ1) is 21.7. The molecule has 0 bridgehead atoms. The zero-order valence-corrected chi connectivity index (χ0v) is 20.1. The van der Waals surface area contributed by atoms with Crippen molar-refractivity contribution in [1.82, 2.24) is 0 Å². The molecule has 1 aliphatic carbocycles. The molecule has 4 heteroatoms. The van der Waals surface area contributed by atoms with E-state index in [0.717, 1.165) is 31.1 Å². The second kappa shape index (κ2) is 8.81. The Balaban J connectivity index is 1.33. The second-order valence-electron chi connectivity index (χ2n) is 9.87. The number of hydrogen-bond acceptors (Lipinski definition) is 4. The van der Waals surface area contributed by atoms with Crippen molar-refractivity contribution < 1.29 is 18.9 Å². The quantitative estimate of drug-likeness (QED) is 0.302. The topological polar surface area (TPSA) is 43.5 Å². The molecule has 0 N–H and O–H groups in total. The van der Waals surface area contributed by atoms with Crippen molar-refractivity contribution in [3.05, 3.63) is 119 Å². The molecule has 0 aromatic heterocycles. The third kappa shape index (κ3) is 3.97. The summed E-state index contributed by atoms with van der Waals surface area (Å²) in [6.45, 7) is 2.80. The Morgan fingerprint density at radius 1 is 0.611 bits per heavy atom. The summed E-state index contributed by atoms with van der Waals surface area (Å²) in [7, 11) is 0. The molecule has 2 atom stereocenters. The number of benzene rings is 4. The maximum atomic E-state index is 5.95. The minimum absolute atomic E-state index is 0.241. The lowest BCUT2D eigenvalue weighted by Gasteiger charge is -2.41. The van der Waals surface area contributed by atoms with Crippen molar-refractivity contribution in [3.63, 3.8) is 0 Å². The van der Waals surface area contributed by atoms with Gasteiger partial charge in [0.2, 0.25) is 0 Å².